The molecular formula is C19H20N2O6. The number of rotatable bonds is 6. The second kappa shape index (κ2) is 7.53. The number of ether oxygens (including phenoxy) is 1. The number of aromatic carboxylic acids is 1. The van der Waals surface area contributed by atoms with E-state index in [2.05, 4.69) is 5.32 Å². The van der Waals surface area contributed by atoms with E-state index in [0.717, 1.165) is 0 Å². The standard InChI is InChI=1S/C19H20N2O6/c1-11-16(19(24)25)8-15(27-11)9-20-18(23)12-7-17(22)21(10-12)13-3-5-14(26-2)6-4-13/h3-6,8,12H,7,9-10H2,1-2H3,(H,20,23)(H,24,25)/t12-/m1/s1. The molecule has 0 saturated carbocycles. The molecule has 3 rings (SSSR count). The molecule has 1 aromatic heterocycles. The minimum Gasteiger partial charge on any atom is -0.497 e. The van der Waals surface area contributed by atoms with E-state index in [1.165, 1.54) is 6.07 Å². The van der Waals surface area contributed by atoms with E-state index < -0.39 is 11.9 Å². The summed E-state index contributed by atoms with van der Waals surface area (Å²) in [6, 6.07) is 8.46. The van der Waals surface area contributed by atoms with Crippen molar-refractivity contribution in [3.8, 4) is 5.75 Å². The molecule has 8 heteroatoms. The van der Waals surface area contributed by atoms with Gasteiger partial charge in [-0.3, -0.25) is 9.59 Å². The summed E-state index contributed by atoms with van der Waals surface area (Å²) in [7, 11) is 1.57. The Morgan fingerprint density at radius 1 is 1.33 bits per heavy atom. The number of nitrogens with zero attached hydrogens (tertiary/aromatic N) is 1. The Morgan fingerprint density at radius 3 is 2.63 bits per heavy atom. The fourth-order valence-electron chi connectivity index (χ4n) is 3.06. The van der Waals surface area contributed by atoms with Crippen LogP contribution in [0.3, 0.4) is 0 Å². The van der Waals surface area contributed by atoms with Gasteiger partial charge < -0.3 is 24.5 Å². The number of carbonyl (C=O) groups excluding carboxylic acids is 2. The van der Waals surface area contributed by atoms with Gasteiger partial charge in [0.25, 0.3) is 0 Å². The largest absolute Gasteiger partial charge is 0.497 e. The highest BCUT2D eigenvalue weighted by Gasteiger charge is 2.35. The maximum atomic E-state index is 12.4. The first-order chi connectivity index (χ1) is 12.9. The number of anilines is 1. The lowest BCUT2D eigenvalue weighted by Crippen LogP contribution is -2.32. The highest BCUT2D eigenvalue weighted by molar-refractivity contribution is 6.00. The lowest BCUT2D eigenvalue weighted by Gasteiger charge is -2.17. The van der Waals surface area contributed by atoms with Crippen LogP contribution in [0.4, 0.5) is 5.69 Å². The van der Waals surface area contributed by atoms with E-state index in [4.69, 9.17) is 14.3 Å². The highest BCUT2D eigenvalue weighted by Crippen LogP contribution is 2.27. The number of carboxylic acids is 1. The molecule has 2 heterocycles. The molecule has 1 aliphatic rings. The average molecular weight is 372 g/mol. The number of amides is 2. The summed E-state index contributed by atoms with van der Waals surface area (Å²) in [6.07, 6.45) is 0.120. The molecule has 8 nitrogen and oxygen atoms in total. The first-order valence-corrected chi connectivity index (χ1v) is 8.43. The molecule has 2 aromatic rings. The van der Waals surface area contributed by atoms with Gasteiger partial charge in [0, 0.05) is 18.7 Å². The quantitative estimate of drug-likeness (QED) is 0.802. The van der Waals surface area contributed by atoms with E-state index in [1.807, 2.05) is 0 Å². The Morgan fingerprint density at radius 2 is 2.04 bits per heavy atom. The van der Waals surface area contributed by atoms with Crippen LogP contribution in [0.1, 0.15) is 28.3 Å². The van der Waals surface area contributed by atoms with E-state index >= 15 is 0 Å². The van der Waals surface area contributed by atoms with Gasteiger partial charge in [0.1, 0.15) is 22.8 Å². The fourth-order valence-corrected chi connectivity index (χ4v) is 3.06. The molecule has 0 bridgehead atoms. The molecule has 1 aliphatic heterocycles. The summed E-state index contributed by atoms with van der Waals surface area (Å²) < 4.78 is 10.4. The number of furan rings is 1. The number of benzene rings is 1. The summed E-state index contributed by atoms with van der Waals surface area (Å²) >= 11 is 0. The van der Waals surface area contributed by atoms with Crippen molar-refractivity contribution in [1.29, 1.82) is 0 Å². The first kappa shape index (κ1) is 18.5. The van der Waals surface area contributed by atoms with Crippen LogP contribution in [0.5, 0.6) is 5.75 Å². The number of carbonyl (C=O) groups is 3. The zero-order valence-corrected chi connectivity index (χ0v) is 15.0. The summed E-state index contributed by atoms with van der Waals surface area (Å²) in [4.78, 5) is 37.3. The predicted octanol–water partition coefficient (Wildman–Crippen LogP) is 1.96. The Hall–Kier alpha value is -3.29. The van der Waals surface area contributed by atoms with Crippen LogP contribution in [0.25, 0.3) is 0 Å². The van der Waals surface area contributed by atoms with Gasteiger partial charge in [-0.25, -0.2) is 4.79 Å². The Balaban J connectivity index is 1.60. The number of methoxy groups -OCH3 is 1. The van der Waals surface area contributed by atoms with Crippen LogP contribution in [0.2, 0.25) is 0 Å². The van der Waals surface area contributed by atoms with Crippen LogP contribution < -0.4 is 15.0 Å². The highest BCUT2D eigenvalue weighted by atomic mass is 16.5. The normalized spacial score (nSPS) is 16.4. The summed E-state index contributed by atoms with van der Waals surface area (Å²) in [5.41, 5.74) is 0.782. The zero-order chi connectivity index (χ0) is 19.6. The zero-order valence-electron chi connectivity index (χ0n) is 15.0. The minimum absolute atomic E-state index is 0.0696. The van der Waals surface area contributed by atoms with Gasteiger partial charge in [-0.1, -0.05) is 0 Å². The molecule has 27 heavy (non-hydrogen) atoms. The van der Waals surface area contributed by atoms with Crippen LogP contribution in [-0.2, 0) is 16.1 Å². The number of hydrogen-bond donors (Lipinski definition) is 2. The third-order valence-electron chi connectivity index (χ3n) is 4.52. The molecule has 0 radical (unpaired) electrons. The van der Waals surface area contributed by atoms with E-state index in [9.17, 15) is 14.4 Å². The third-order valence-corrected chi connectivity index (χ3v) is 4.52. The summed E-state index contributed by atoms with van der Waals surface area (Å²) in [5, 5.41) is 11.7. The lowest BCUT2D eigenvalue weighted by atomic mass is 10.1. The van der Waals surface area contributed by atoms with Crippen molar-refractivity contribution in [3.05, 3.63) is 47.4 Å². The Labute approximate surface area is 155 Å². The van der Waals surface area contributed by atoms with Crippen molar-refractivity contribution in [2.75, 3.05) is 18.6 Å². The molecule has 1 saturated heterocycles. The maximum absolute atomic E-state index is 12.4. The Kier molecular flexibility index (Phi) is 5.16. The summed E-state index contributed by atoms with van der Waals surface area (Å²) in [5.74, 6) is -0.621. The second-order valence-corrected chi connectivity index (χ2v) is 6.31. The average Bonchev–Trinajstić information content (AvgIpc) is 3.22. The smallest absolute Gasteiger partial charge is 0.339 e. The van der Waals surface area contributed by atoms with Crippen molar-refractivity contribution >= 4 is 23.5 Å². The van der Waals surface area contributed by atoms with E-state index in [-0.39, 0.29) is 42.6 Å². The molecule has 2 N–H and O–H groups in total. The van der Waals surface area contributed by atoms with Crippen molar-refractivity contribution in [3.63, 3.8) is 0 Å². The first-order valence-electron chi connectivity index (χ1n) is 8.43. The van der Waals surface area contributed by atoms with Gasteiger partial charge >= 0.3 is 5.97 Å². The van der Waals surface area contributed by atoms with Gasteiger partial charge in [-0.2, -0.15) is 0 Å². The van der Waals surface area contributed by atoms with Crippen LogP contribution in [0, 0.1) is 12.8 Å². The topological polar surface area (TPSA) is 109 Å². The molecule has 0 unspecified atom stereocenters. The van der Waals surface area contributed by atoms with Gasteiger partial charge in [0.15, 0.2) is 0 Å². The van der Waals surface area contributed by atoms with Gasteiger partial charge in [-0.05, 0) is 37.3 Å². The number of aryl methyl sites for hydroxylation is 1. The van der Waals surface area contributed by atoms with Crippen molar-refractivity contribution in [2.45, 2.75) is 19.9 Å². The van der Waals surface area contributed by atoms with E-state index in [1.54, 1.807) is 43.2 Å². The van der Waals surface area contributed by atoms with Gasteiger partial charge in [0.05, 0.1) is 19.6 Å². The number of nitrogens with one attached hydrogen (secondary N) is 1. The molecular weight excluding hydrogens is 352 g/mol. The SMILES string of the molecule is COc1ccc(N2C[C@H](C(=O)NCc3cc(C(=O)O)c(C)o3)CC2=O)cc1. The molecule has 1 atom stereocenters. The maximum Gasteiger partial charge on any atom is 0.339 e. The van der Waals surface area contributed by atoms with Crippen molar-refractivity contribution < 1.29 is 28.6 Å². The monoisotopic (exact) mass is 372 g/mol. The fraction of sp³-hybridized carbons (Fsp3) is 0.316. The molecule has 1 fully saturated rings. The van der Waals surface area contributed by atoms with Crippen LogP contribution in [-0.4, -0.2) is 36.5 Å². The second-order valence-electron chi connectivity index (χ2n) is 6.31. The third kappa shape index (κ3) is 3.94. The number of hydrogen-bond acceptors (Lipinski definition) is 5. The van der Waals surface area contributed by atoms with Crippen LogP contribution in [0.15, 0.2) is 34.7 Å². The molecule has 142 valence electrons. The molecule has 1 aromatic carbocycles. The van der Waals surface area contributed by atoms with Crippen molar-refractivity contribution in [1.82, 2.24) is 5.32 Å². The predicted molar refractivity (Wildman–Crippen MR) is 95.7 cm³/mol. The molecule has 0 spiro atoms. The lowest BCUT2D eigenvalue weighted by molar-refractivity contribution is -0.126. The minimum atomic E-state index is -1.08. The molecule has 0 aliphatic carbocycles. The van der Waals surface area contributed by atoms with Gasteiger partial charge in [-0.15, -0.1) is 0 Å². The summed E-state index contributed by atoms with van der Waals surface area (Å²) in [6.45, 7) is 1.91. The van der Waals surface area contributed by atoms with Crippen LogP contribution >= 0.6 is 0 Å². The Bertz CT molecular complexity index is 871. The number of carboxylic acid groups (broad SMARTS) is 1. The molecule has 2 amide bonds. The van der Waals surface area contributed by atoms with Crippen molar-refractivity contribution in [2.24, 2.45) is 5.92 Å². The van der Waals surface area contributed by atoms with Gasteiger partial charge in [0.2, 0.25) is 11.8 Å². The van der Waals surface area contributed by atoms with E-state index in [0.29, 0.717) is 17.2 Å².